The minimum atomic E-state index is 0.669. The largest absolute Gasteiger partial charge is 0.490 e. The average molecular weight is 246 g/mol. The molecule has 3 nitrogen and oxygen atoms in total. The highest BCUT2D eigenvalue weighted by atomic mass is 16.5. The molecule has 3 heteroatoms. The van der Waals surface area contributed by atoms with E-state index in [2.05, 4.69) is 35.3 Å². The Morgan fingerprint density at radius 2 is 2.39 bits per heavy atom. The molecule has 1 aromatic carbocycles. The molecule has 1 unspecified atom stereocenters. The average Bonchev–Trinajstić information content (AvgIpc) is 2.91. The molecule has 18 heavy (non-hydrogen) atoms. The van der Waals surface area contributed by atoms with Crippen LogP contribution in [0.5, 0.6) is 5.75 Å². The number of likely N-dealkylation sites (N-methyl/N-ethyl adjacent to an activating group) is 1. The zero-order valence-electron chi connectivity index (χ0n) is 11.1. The monoisotopic (exact) mass is 246 g/mol. The van der Waals surface area contributed by atoms with Gasteiger partial charge in [-0.05, 0) is 50.4 Å². The SMILES string of the molecule is CCN1CCOc2ccc(CC3CCCN3)cc21. The summed E-state index contributed by atoms with van der Waals surface area (Å²) >= 11 is 0. The van der Waals surface area contributed by atoms with Gasteiger partial charge in [-0.15, -0.1) is 0 Å². The second-order valence-electron chi connectivity index (χ2n) is 5.23. The summed E-state index contributed by atoms with van der Waals surface area (Å²) in [5.41, 5.74) is 2.70. The number of fused-ring (bicyclic) bond motifs is 1. The molecule has 98 valence electrons. The quantitative estimate of drug-likeness (QED) is 0.885. The third-order valence-electron chi connectivity index (χ3n) is 4.01. The Balaban J connectivity index is 1.79. The van der Waals surface area contributed by atoms with Crippen LogP contribution in [0.1, 0.15) is 25.3 Å². The van der Waals surface area contributed by atoms with E-state index in [4.69, 9.17) is 4.74 Å². The van der Waals surface area contributed by atoms with Crippen LogP contribution < -0.4 is 15.0 Å². The van der Waals surface area contributed by atoms with Crippen molar-refractivity contribution in [1.29, 1.82) is 0 Å². The lowest BCUT2D eigenvalue weighted by Crippen LogP contribution is -2.32. The van der Waals surface area contributed by atoms with Crippen molar-refractivity contribution in [3.05, 3.63) is 23.8 Å². The fourth-order valence-corrected chi connectivity index (χ4v) is 2.99. The topological polar surface area (TPSA) is 24.5 Å². The molecule has 0 radical (unpaired) electrons. The van der Waals surface area contributed by atoms with Crippen molar-refractivity contribution in [2.75, 3.05) is 31.1 Å². The summed E-state index contributed by atoms with van der Waals surface area (Å²) in [6, 6.07) is 7.35. The molecule has 0 spiro atoms. The number of anilines is 1. The Hall–Kier alpha value is -1.22. The molecule has 1 atom stereocenters. The van der Waals surface area contributed by atoms with Gasteiger partial charge in [0.25, 0.3) is 0 Å². The number of ether oxygens (including phenoxy) is 1. The first-order chi connectivity index (χ1) is 8.86. The van der Waals surface area contributed by atoms with Gasteiger partial charge in [0.2, 0.25) is 0 Å². The summed E-state index contributed by atoms with van der Waals surface area (Å²) in [6.45, 7) is 6.26. The smallest absolute Gasteiger partial charge is 0.142 e. The van der Waals surface area contributed by atoms with Crippen LogP contribution in [0, 0.1) is 0 Å². The molecule has 2 aliphatic rings. The van der Waals surface area contributed by atoms with Crippen LogP contribution in [0.3, 0.4) is 0 Å². The lowest BCUT2D eigenvalue weighted by molar-refractivity contribution is 0.308. The summed E-state index contributed by atoms with van der Waals surface area (Å²) in [5, 5.41) is 3.57. The zero-order valence-corrected chi connectivity index (χ0v) is 11.1. The Labute approximate surface area is 109 Å². The number of hydrogen-bond donors (Lipinski definition) is 1. The molecule has 2 aliphatic heterocycles. The van der Waals surface area contributed by atoms with Crippen LogP contribution in [0.25, 0.3) is 0 Å². The number of benzene rings is 1. The first kappa shape index (κ1) is 11.8. The Bertz CT molecular complexity index is 413. The van der Waals surface area contributed by atoms with E-state index >= 15 is 0 Å². The molecule has 0 aliphatic carbocycles. The lowest BCUT2D eigenvalue weighted by Gasteiger charge is -2.30. The van der Waals surface area contributed by atoms with Crippen LogP contribution in [0.2, 0.25) is 0 Å². The van der Waals surface area contributed by atoms with E-state index < -0.39 is 0 Å². The molecule has 1 N–H and O–H groups in total. The van der Waals surface area contributed by atoms with E-state index in [1.807, 2.05) is 0 Å². The summed E-state index contributed by atoms with van der Waals surface area (Å²) < 4.78 is 5.72. The van der Waals surface area contributed by atoms with Gasteiger partial charge in [0.05, 0.1) is 12.2 Å². The molecule has 0 saturated carbocycles. The van der Waals surface area contributed by atoms with E-state index in [1.54, 1.807) is 0 Å². The first-order valence-electron chi connectivity index (χ1n) is 7.11. The summed E-state index contributed by atoms with van der Waals surface area (Å²) in [4.78, 5) is 2.41. The highest BCUT2D eigenvalue weighted by Crippen LogP contribution is 2.32. The molecule has 0 amide bonds. The third-order valence-corrected chi connectivity index (χ3v) is 4.01. The maximum Gasteiger partial charge on any atom is 0.142 e. The minimum Gasteiger partial charge on any atom is -0.490 e. The molecular formula is C15H22N2O. The van der Waals surface area contributed by atoms with Crippen molar-refractivity contribution < 1.29 is 4.74 Å². The maximum absolute atomic E-state index is 5.72. The third kappa shape index (κ3) is 2.32. The zero-order chi connectivity index (χ0) is 12.4. The molecular weight excluding hydrogens is 224 g/mol. The minimum absolute atomic E-state index is 0.669. The molecule has 0 aromatic heterocycles. The van der Waals surface area contributed by atoms with Crippen molar-refractivity contribution in [2.24, 2.45) is 0 Å². The fraction of sp³-hybridized carbons (Fsp3) is 0.600. The number of nitrogens with one attached hydrogen (secondary N) is 1. The van der Waals surface area contributed by atoms with Gasteiger partial charge in [-0.1, -0.05) is 6.07 Å². The van der Waals surface area contributed by atoms with Gasteiger partial charge in [0, 0.05) is 12.6 Å². The van der Waals surface area contributed by atoms with E-state index in [9.17, 15) is 0 Å². The standard InChI is InChI=1S/C15H22N2O/c1-2-17-8-9-18-15-6-5-12(11-14(15)17)10-13-4-3-7-16-13/h5-6,11,13,16H,2-4,7-10H2,1H3. The van der Waals surface area contributed by atoms with Crippen LogP contribution in [-0.4, -0.2) is 32.3 Å². The maximum atomic E-state index is 5.72. The molecule has 1 aromatic rings. The van der Waals surface area contributed by atoms with Crippen molar-refractivity contribution in [1.82, 2.24) is 5.32 Å². The molecule has 2 heterocycles. The highest BCUT2D eigenvalue weighted by Gasteiger charge is 2.19. The van der Waals surface area contributed by atoms with Crippen molar-refractivity contribution >= 4 is 5.69 Å². The second-order valence-corrected chi connectivity index (χ2v) is 5.23. The van der Waals surface area contributed by atoms with Crippen LogP contribution in [0.15, 0.2) is 18.2 Å². The number of rotatable bonds is 3. The van der Waals surface area contributed by atoms with Gasteiger partial charge in [0.1, 0.15) is 12.4 Å². The summed E-state index contributed by atoms with van der Waals surface area (Å²) in [5.74, 6) is 1.05. The summed E-state index contributed by atoms with van der Waals surface area (Å²) in [6.07, 6.45) is 3.77. The second kappa shape index (κ2) is 5.19. The lowest BCUT2D eigenvalue weighted by atomic mass is 10.0. The van der Waals surface area contributed by atoms with Crippen LogP contribution in [-0.2, 0) is 6.42 Å². The highest BCUT2D eigenvalue weighted by molar-refractivity contribution is 5.61. The normalized spacial score (nSPS) is 22.7. The van der Waals surface area contributed by atoms with Gasteiger partial charge in [0.15, 0.2) is 0 Å². The Kier molecular flexibility index (Phi) is 3.41. The molecule has 1 fully saturated rings. The van der Waals surface area contributed by atoms with Crippen LogP contribution >= 0.6 is 0 Å². The number of nitrogens with zero attached hydrogens (tertiary/aromatic N) is 1. The van der Waals surface area contributed by atoms with Crippen molar-refractivity contribution in [3.8, 4) is 5.75 Å². The van der Waals surface area contributed by atoms with E-state index in [0.29, 0.717) is 6.04 Å². The van der Waals surface area contributed by atoms with Crippen LogP contribution in [0.4, 0.5) is 5.69 Å². The van der Waals surface area contributed by atoms with Crippen molar-refractivity contribution in [2.45, 2.75) is 32.2 Å². The van der Waals surface area contributed by atoms with E-state index in [1.165, 1.54) is 30.6 Å². The molecule has 1 saturated heterocycles. The van der Waals surface area contributed by atoms with Gasteiger partial charge in [-0.3, -0.25) is 0 Å². The number of hydrogen-bond acceptors (Lipinski definition) is 3. The van der Waals surface area contributed by atoms with Crippen molar-refractivity contribution in [3.63, 3.8) is 0 Å². The molecule has 0 bridgehead atoms. The summed E-state index contributed by atoms with van der Waals surface area (Å²) in [7, 11) is 0. The van der Waals surface area contributed by atoms with Gasteiger partial charge in [-0.25, -0.2) is 0 Å². The fourth-order valence-electron chi connectivity index (χ4n) is 2.99. The Morgan fingerprint density at radius 3 is 3.17 bits per heavy atom. The van der Waals surface area contributed by atoms with E-state index in [-0.39, 0.29) is 0 Å². The predicted molar refractivity (Wildman–Crippen MR) is 74.6 cm³/mol. The van der Waals surface area contributed by atoms with Gasteiger partial charge >= 0.3 is 0 Å². The van der Waals surface area contributed by atoms with Gasteiger partial charge < -0.3 is 15.0 Å². The molecule has 3 rings (SSSR count). The Morgan fingerprint density at radius 1 is 1.44 bits per heavy atom. The predicted octanol–water partition coefficient (Wildman–Crippen LogP) is 2.20. The first-order valence-corrected chi connectivity index (χ1v) is 7.11. The van der Waals surface area contributed by atoms with Gasteiger partial charge in [-0.2, -0.15) is 0 Å². The van der Waals surface area contributed by atoms with E-state index in [0.717, 1.165) is 31.9 Å².